The van der Waals surface area contributed by atoms with Crippen molar-refractivity contribution in [2.24, 2.45) is 0 Å². The number of benzene rings is 9. The van der Waals surface area contributed by atoms with Crippen molar-refractivity contribution in [1.82, 2.24) is 4.57 Å². The molecule has 55 heavy (non-hydrogen) atoms. The lowest BCUT2D eigenvalue weighted by molar-refractivity contribution is 0.669. The number of hydrogen-bond donors (Lipinski definition) is 0. The molecule has 0 fully saturated rings. The minimum Gasteiger partial charge on any atom is -0.454 e. The van der Waals surface area contributed by atoms with Gasteiger partial charge in [-0.05, 0) is 99.8 Å². The van der Waals surface area contributed by atoms with Gasteiger partial charge in [-0.2, -0.15) is 0 Å². The maximum absolute atomic E-state index is 6.85. The average Bonchev–Trinajstić information content (AvgIpc) is 3.79. The smallest absolute Gasteiger partial charge is 0.159 e. The zero-order valence-electron chi connectivity index (χ0n) is 29.9. The van der Waals surface area contributed by atoms with Crippen molar-refractivity contribution >= 4 is 71.6 Å². The second kappa shape index (κ2) is 12.6. The quantitative estimate of drug-likeness (QED) is 0.172. The van der Waals surface area contributed by atoms with Gasteiger partial charge in [0.25, 0.3) is 0 Å². The fourth-order valence-electron chi connectivity index (χ4n) is 8.42. The lowest BCUT2D eigenvalue weighted by atomic mass is 9.94. The summed E-state index contributed by atoms with van der Waals surface area (Å²) in [5.74, 6) is 0. The minimum atomic E-state index is 0.859. The molecule has 0 bridgehead atoms. The summed E-state index contributed by atoms with van der Waals surface area (Å²) in [7, 11) is 0. The Morgan fingerprint density at radius 1 is 0.382 bits per heavy atom. The lowest BCUT2D eigenvalue weighted by Crippen LogP contribution is -2.10. The van der Waals surface area contributed by atoms with Gasteiger partial charge in [0.1, 0.15) is 5.58 Å². The molecular formula is C52H34N2O. The van der Waals surface area contributed by atoms with Crippen molar-refractivity contribution < 1.29 is 4.42 Å². The van der Waals surface area contributed by atoms with E-state index in [1.54, 1.807) is 0 Å². The van der Waals surface area contributed by atoms with Crippen molar-refractivity contribution in [3.8, 4) is 27.9 Å². The number of para-hydroxylation sites is 3. The van der Waals surface area contributed by atoms with E-state index in [0.717, 1.165) is 55.8 Å². The van der Waals surface area contributed by atoms with E-state index in [4.69, 9.17) is 4.42 Å². The first-order valence-electron chi connectivity index (χ1n) is 18.8. The van der Waals surface area contributed by atoms with Crippen LogP contribution in [0.3, 0.4) is 0 Å². The van der Waals surface area contributed by atoms with Crippen molar-refractivity contribution in [3.05, 3.63) is 206 Å². The molecule has 0 saturated carbocycles. The molecule has 0 unspecified atom stereocenters. The monoisotopic (exact) mass is 702 g/mol. The molecule has 11 rings (SSSR count). The molecule has 0 saturated heterocycles. The zero-order chi connectivity index (χ0) is 36.3. The normalized spacial score (nSPS) is 11.6. The predicted molar refractivity (Wildman–Crippen MR) is 231 cm³/mol. The highest BCUT2D eigenvalue weighted by Crippen LogP contribution is 2.45. The Morgan fingerprint density at radius 2 is 0.982 bits per heavy atom. The molecule has 3 nitrogen and oxygen atoms in total. The first kappa shape index (κ1) is 31.2. The number of aromatic nitrogens is 1. The van der Waals surface area contributed by atoms with E-state index in [1.807, 2.05) is 0 Å². The maximum Gasteiger partial charge on any atom is 0.159 e. The van der Waals surface area contributed by atoms with Crippen molar-refractivity contribution in [1.29, 1.82) is 0 Å². The Hall–Kier alpha value is -7.36. The van der Waals surface area contributed by atoms with Gasteiger partial charge in [0.2, 0.25) is 0 Å². The average molecular weight is 703 g/mol. The standard InChI is InChI=1S/C52H34N2O/c1-3-14-35(15-4-1)42-20-9-10-21-43(42)36-26-28-40(29-27-36)53(50-25-13-23-45-47-32-37-16-7-8-17-38(37)33-51(47)55-52(45)50)41-30-31-49-46(34-41)44-22-11-12-24-48(44)54(49)39-18-5-2-6-19-39/h1-34H. The van der Waals surface area contributed by atoms with Crippen LogP contribution in [0.25, 0.3) is 82.5 Å². The molecule has 0 atom stereocenters. The van der Waals surface area contributed by atoms with E-state index in [2.05, 4.69) is 216 Å². The first-order valence-corrected chi connectivity index (χ1v) is 18.8. The summed E-state index contributed by atoms with van der Waals surface area (Å²) in [6.45, 7) is 0. The van der Waals surface area contributed by atoms with Crippen LogP contribution in [0.1, 0.15) is 0 Å². The van der Waals surface area contributed by atoms with Crippen LogP contribution < -0.4 is 4.90 Å². The van der Waals surface area contributed by atoms with Crippen LogP contribution in [-0.2, 0) is 0 Å². The van der Waals surface area contributed by atoms with Crippen LogP contribution in [0.4, 0.5) is 17.1 Å². The molecule has 11 aromatic rings. The van der Waals surface area contributed by atoms with Crippen molar-refractivity contribution in [3.63, 3.8) is 0 Å². The highest BCUT2D eigenvalue weighted by atomic mass is 16.3. The number of fused-ring (bicyclic) bond motifs is 7. The molecular weight excluding hydrogens is 669 g/mol. The molecule has 0 aliphatic carbocycles. The predicted octanol–water partition coefficient (Wildman–Crippen LogP) is 14.6. The summed E-state index contributed by atoms with van der Waals surface area (Å²) >= 11 is 0. The van der Waals surface area contributed by atoms with Gasteiger partial charge in [-0.15, -0.1) is 0 Å². The molecule has 0 radical (unpaired) electrons. The summed E-state index contributed by atoms with van der Waals surface area (Å²) in [4.78, 5) is 2.35. The van der Waals surface area contributed by atoms with Crippen LogP contribution in [0.5, 0.6) is 0 Å². The number of hydrogen-bond acceptors (Lipinski definition) is 2. The Morgan fingerprint density at radius 3 is 1.76 bits per heavy atom. The fourth-order valence-corrected chi connectivity index (χ4v) is 8.42. The van der Waals surface area contributed by atoms with Crippen molar-refractivity contribution in [2.75, 3.05) is 4.90 Å². The molecule has 258 valence electrons. The Kier molecular flexibility index (Phi) is 7.17. The number of rotatable bonds is 6. The maximum atomic E-state index is 6.85. The van der Waals surface area contributed by atoms with Crippen LogP contribution in [-0.4, -0.2) is 4.57 Å². The molecule has 3 heteroatoms. The summed E-state index contributed by atoms with van der Waals surface area (Å²) < 4.78 is 9.21. The largest absolute Gasteiger partial charge is 0.454 e. The number of furan rings is 1. The van der Waals surface area contributed by atoms with E-state index in [0.29, 0.717) is 0 Å². The third-order valence-corrected chi connectivity index (χ3v) is 11.0. The highest BCUT2D eigenvalue weighted by molar-refractivity contribution is 6.15. The van der Waals surface area contributed by atoms with Gasteiger partial charge in [0.15, 0.2) is 5.58 Å². The number of nitrogens with zero attached hydrogens (tertiary/aromatic N) is 2. The first-order chi connectivity index (χ1) is 27.3. The van der Waals surface area contributed by atoms with Crippen LogP contribution >= 0.6 is 0 Å². The van der Waals surface area contributed by atoms with E-state index in [9.17, 15) is 0 Å². The van der Waals surface area contributed by atoms with Gasteiger partial charge in [0, 0.05) is 38.6 Å². The summed E-state index contributed by atoms with van der Waals surface area (Å²) in [6, 6.07) is 73.8. The Balaban J connectivity index is 1.13. The van der Waals surface area contributed by atoms with E-state index in [-0.39, 0.29) is 0 Å². The second-order valence-corrected chi connectivity index (χ2v) is 14.1. The van der Waals surface area contributed by atoms with Crippen LogP contribution in [0.15, 0.2) is 211 Å². The third kappa shape index (κ3) is 5.13. The Bertz CT molecular complexity index is 3190. The van der Waals surface area contributed by atoms with E-state index in [1.165, 1.54) is 43.8 Å². The molecule has 0 aliphatic heterocycles. The van der Waals surface area contributed by atoms with Gasteiger partial charge >= 0.3 is 0 Å². The molecule has 0 aliphatic rings. The molecule has 0 spiro atoms. The van der Waals surface area contributed by atoms with Crippen molar-refractivity contribution in [2.45, 2.75) is 0 Å². The Labute approximate surface area is 318 Å². The third-order valence-electron chi connectivity index (χ3n) is 11.0. The van der Waals surface area contributed by atoms with Gasteiger partial charge in [-0.25, -0.2) is 0 Å². The minimum absolute atomic E-state index is 0.859. The fraction of sp³-hybridized carbons (Fsp3) is 0. The molecule has 0 N–H and O–H groups in total. The lowest BCUT2D eigenvalue weighted by Gasteiger charge is -2.26. The molecule has 0 amide bonds. The second-order valence-electron chi connectivity index (χ2n) is 14.1. The summed E-state index contributed by atoms with van der Waals surface area (Å²) in [5, 5.41) is 6.98. The summed E-state index contributed by atoms with van der Waals surface area (Å²) in [6.07, 6.45) is 0. The SMILES string of the molecule is c1ccc(-c2ccccc2-c2ccc(N(c3ccc4c(c3)c3ccccc3n4-c3ccccc3)c3cccc4c3oc3cc5ccccc5cc34)cc2)cc1. The number of anilines is 3. The molecule has 2 aromatic heterocycles. The highest BCUT2D eigenvalue weighted by Gasteiger charge is 2.22. The van der Waals surface area contributed by atoms with Gasteiger partial charge < -0.3 is 13.9 Å². The van der Waals surface area contributed by atoms with E-state index < -0.39 is 0 Å². The van der Waals surface area contributed by atoms with Crippen LogP contribution in [0.2, 0.25) is 0 Å². The van der Waals surface area contributed by atoms with Gasteiger partial charge in [-0.1, -0.05) is 140 Å². The zero-order valence-corrected chi connectivity index (χ0v) is 29.9. The van der Waals surface area contributed by atoms with Gasteiger partial charge in [-0.3, -0.25) is 0 Å². The van der Waals surface area contributed by atoms with Crippen LogP contribution in [0, 0.1) is 0 Å². The molecule has 2 heterocycles. The molecule has 9 aromatic carbocycles. The van der Waals surface area contributed by atoms with E-state index >= 15 is 0 Å². The van der Waals surface area contributed by atoms with Gasteiger partial charge in [0.05, 0.1) is 16.7 Å². The summed E-state index contributed by atoms with van der Waals surface area (Å²) in [5.41, 5.74) is 13.1. The topological polar surface area (TPSA) is 21.3 Å².